The van der Waals surface area contributed by atoms with Crippen molar-refractivity contribution in [3.8, 4) is 11.3 Å². The van der Waals surface area contributed by atoms with Crippen molar-refractivity contribution in [2.75, 3.05) is 16.5 Å². The lowest BCUT2D eigenvalue weighted by atomic mass is 10.2. The lowest BCUT2D eigenvalue weighted by Gasteiger charge is -2.09. The highest BCUT2D eigenvalue weighted by Gasteiger charge is 2.04. The second-order valence-corrected chi connectivity index (χ2v) is 5.16. The van der Waals surface area contributed by atoms with Gasteiger partial charge in [0.1, 0.15) is 5.88 Å². The SMILES string of the molecule is O=C(CCl)Nc1cccc(Nc2nccc(-c3cccnc3)n2)c1. The summed E-state index contributed by atoms with van der Waals surface area (Å²) in [7, 11) is 0. The van der Waals surface area contributed by atoms with Gasteiger partial charge in [0, 0.05) is 35.5 Å². The second kappa shape index (κ2) is 7.52. The highest BCUT2D eigenvalue weighted by molar-refractivity contribution is 6.29. The summed E-state index contributed by atoms with van der Waals surface area (Å²) in [5.74, 6) is 0.106. The molecule has 1 aromatic carbocycles. The maximum absolute atomic E-state index is 11.4. The molecule has 3 aromatic rings. The number of hydrogen-bond acceptors (Lipinski definition) is 5. The Hall–Kier alpha value is -2.99. The van der Waals surface area contributed by atoms with Gasteiger partial charge in [0.15, 0.2) is 0 Å². The molecule has 0 unspecified atom stereocenters. The number of rotatable bonds is 5. The summed E-state index contributed by atoms with van der Waals surface area (Å²) in [6.45, 7) is 0. The highest BCUT2D eigenvalue weighted by atomic mass is 35.5. The topological polar surface area (TPSA) is 79.8 Å². The minimum absolute atomic E-state index is 0.0894. The normalized spacial score (nSPS) is 10.2. The zero-order valence-corrected chi connectivity index (χ0v) is 13.4. The van der Waals surface area contributed by atoms with Crippen molar-refractivity contribution in [2.45, 2.75) is 0 Å². The van der Waals surface area contributed by atoms with Crippen LogP contribution in [0.25, 0.3) is 11.3 Å². The average Bonchev–Trinajstić information content (AvgIpc) is 2.63. The quantitative estimate of drug-likeness (QED) is 0.696. The fourth-order valence-electron chi connectivity index (χ4n) is 2.09. The van der Waals surface area contributed by atoms with Gasteiger partial charge in [-0.2, -0.15) is 0 Å². The third-order valence-corrected chi connectivity index (χ3v) is 3.38. The van der Waals surface area contributed by atoms with Crippen LogP contribution in [0, 0.1) is 0 Å². The first-order valence-corrected chi connectivity index (χ1v) is 7.74. The molecule has 2 heterocycles. The van der Waals surface area contributed by atoms with E-state index >= 15 is 0 Å². The van der Waals surface area contributed by atoms with Crippen LogP contribution in [0.5, 0.6) is 0 Å². The summed E-state index contributed by atoms with van der Waals surface area (Å²) in [4.78, 5) is 24.1. The van der Waals surface area contributed by atoms with E-state index in [9.17, 15) is 4.79 Å². The van der Waals surface area contributed by atoms with Gasteiger partial charge in [0.2, 0.25) is 11.9 Å². The van der Waals surface area contributed by atoms with Crippen LogP contribution in [0.4, 0.5) is 17.3 Å². The zero-order valence-electron chi connectivity index (χ0n) is 12.6. The van der Waals surface area contributed by atoms with Gasteiger partial charge < -0.3 is 10.6 Å². The van der Waals surface area contributed by atoms with Crippen LogP contribution in [0.15, 0.2) is 61.1 Å². The Morgan fingerprint density at radius 2 is 1.96 bits per heavy atom. The number of benzene rings is 1. The number of nitrogens with one attached hydrogen (secondary N) is 2. The first-order chi connectivity index (χ1) is 11.7. The number of hydrogen-bond donors (Lipinski definition) is 2. The number of nitrogens with zero attached hydrogens (tertiary/aromatic N) is 3. The molecule has 0 aliphatic heterocycles. The first kappa shape index (κ1) is 15.9. The summed E-state index contributed by atoms with van der Waals surface area (Å²) in [6, 6.07) is 12.8. The van der Waals surface area contributed by atoms with Crippen molar-refractivity contribution in [1.29, 1.82) is 0 Å². The maximum atomic E-state index is 11.4. The lowest BCUT2D eigenvalue weighted by Crippen LogP contribution is -2.12. The first-order valence-electron chi connectivity index (χ1n) is 7.21. The zero-order chi connectivity index (χ0) is 16.8. The number of amides is 1. The molecule has 0 radical (unpaired) electrons. The van der Waals surface area contributed by atoms with Crippen LogP contribution in [0.3, 0.4) is 0 Å². The molecular formula is C17H14ClN5O. The fourth-order valence-corrected chi connectivity index (χ4v) is 2.16. The highest BCUT2D eigenvalue weighted by Crippen LogP contribution is 2.20. The monoisotopic (exact) mass is 339 g/mol. The Balaban J connectivity index is 1.79. The van der Waals surface area contributed by atoms with E-state index in [4.69, 9.17) is 11.6 Å². The molecule has 0 atom stereocenters. The van der Waals surface area contributed by atoms with Gasteiger partial charge in [-0.15, -0.1) is 11.6 Å². The predicted octanol–water partition coefficient (Wildman–Crippen LogP) is 3.46. The standard InChI is InChI=1S/C17H14ClN5O/c18-10-16(24)21-13-4-1-5-14(9-13)22-17-20-8-6-15(23-17)12-3-2-7-19-11-12/h1-9,11H,10H2,(H,21,24)(H,20,22,23). The third-order valence-electron chi connectivity index (χ3n) is 3.14. The van der Waals surface area contributed by atoms with Crippen LogP contribution in [-0.2, 0) is 4.79 Å². The Morgan fingerprint density at radius 1 is 1.08 bits per heavy atom. The average molecular weight is 340 g/mol. The van der Waals surface area contributed by atoms with E-state index in [1.165, 1.54) is 0 Å². The fraction of sp³-hybridized carbons (Fsp3) is 0.0588. The summed E-state index contributed by atoms with van der Waals surface area (Å²) in [5.41, 5.74) is 3.08. The molecule has 3 rings (SSSR count). The molecular weight excluding hydrogens is 326 g/mol. The van der Waals surface area contributed by atoms with Crippen LogP contribution in [-0.4, -0.2) is 26.7 Å². The number of pyridine rings is 1. The van der Waals surface area contributed by atoms with Gasteiger partial charge in [-0.3, -0.25) is 9.78 Å². The molecule has 0 saturated heterocycles. The minimum Gasteiger partial charge on any atom is -0.325 e. The molecule has 24 heavy (non-hydrogen) atoms. The molecule has 0 aliphatic rings. The predicted molar refractivity (Wildman–Crippen MR) is 94.3 cm³/mol. The van der Waals surface area contributed by atoms with Gasteiger partial charge in [0.05, 0.1) is 5.69 Å². The Bertz CT molecular complexity index is 841. The lowest BCUT2D eigenvalue weighted by molar-refractivity contribution is -0.113. The van der Waals surface area contributed by atoms with Gasteiger partial charge in [0.25, 0.3) is 0 Å². The van der Waals surface area contributed by atoms with Gasteiger partial charge in [-0.05, 0) is 36.4 Å². The summed E-state index contributed by atoms with van der Waals surface area (Å²) in [6.07, 6.45) is 5.13. The largest absolute Gasteiger partial charge is 0.325 e. The van der Waals surface area contributed by atoms with Gasteiger partial charge in [-0.25, -0.2) is 9.97 Å². The van der Waals surface area contributed by atoms with Crippen molar-refractivity contribution in [2.24, 2.45) is 0 Å². The van der Waals surface area contributed by atoms with E-state index in [2.05, 4.69) is 25.6 Å². The molecule has 0 saturated carbocycles. The van der Waals surface area contributed by atoms with E-state index in [1.54, 1.807) is 30.7 Å². The molecule has 0 aliphatic carbocycles. The molecule has 2 aromatic heterocycles. The molecule has 120 valence electrons. The van der Waals surface area contributed by atoms with Crippen LogP contribution in [0.2, 0.25) is 0 Å². The summed E-state index contributed by atoms with van der Waals surface area (Å²) >= 11 is 5.49. The molecule has 0 spiro atoms. The van der Waals surface area contributed by atoms with Crippen LogP contribution in [0.1, 0.15) is 0 Å². The molecule has 2 N–H and O–H groups in total. The third kappa shape index (κ3) is 4.05. The van der Waals surface area contributed by atoms with Crippen molar-refractivity contribution in [3.63, 3.8) is 0 Å². The van der Waals surface area contributed by atoms with E-state index in [-0.39, 0.29) is 11.8 Å². The van der Waals surface area contributed by atoms with Crippen molar-refractivity contribution >= 4 is 34.8 Å². The Morgan fingerprint density at radius 3 is 2.75 bits per heavy atom. The van der Waals surface area contributed by atoms with Gasteiger partial charge >= 0.3 is 0 Å². The molecule has 7 heteroatoms. The molecule has 1 amide bonds. The maximum Gasteiger partial charge on any atom is 0.239 e. The second-order valence-electron chi connectivity index (χ2n) is 4.89. The molecule has 0 bridgehead atoms. The summed E-state index contributed by atoms with van der Waals surface area (Å²) < 4.78 is 0. The Labute approximate surface area is 143 Å². The van der Waals surface area contributed by atoms with E-state index in [0.29, 0.717) is 11.6 Å². The number of alkyl halides is 1. The van der Waals surface area contributed by atoms with Crippen molar-refractivity contribution in [1.82, 2.24) is 15.0 Å². The van der Waals surface area contributed by atoms with Crippen molar-refractivity contribution in [3.05, 3.63) is 61.1 Å². The van der Waals surface area contributed by atoms with Crippen LogP contribution >= 0.6 is 11.6 Å². The number of carbonyl (C=O) groups is 1. The number of carbonyl (C=O) groups excluding carboxylic acids is 1. The number of anilines is 3. The Kier molecular flexibility index (Phi) is 4.98. The molecule has 0 fully saturated rings. The van der Waals surface area contributed by atoms with Crippen molar-refractivity contribution < 1.29 is 4.79 Å². The minimum atomic E-state index is -0.261. The van der Waals surface area contributed by atoms with E-state index in [0.717, 1.165) is 16.9 Å². The van der Waals surface area contributed by atoms with E-state index < -0.39 is 0 Å². The number of aromatic nitrogens is 3. The van der Waals surface area contributed by atoms with E-state index in [1.807, 2.05) is 30.3 Å². The summed E-state index contributed by atoms with van der Waals surface area (Å²) in [5, 5.41) is 5.81. The smallest absolute Gasteiger partial charge is 0.239 e. The number of halogens is 1. The molecule has 6 nitrogen and oxygen atoms in total. The van der Waals surface area contributed by atoms with Crippen LogP contribution < -0.4 is 10.6 Å². The van der Waals surface area contributed by atoms with Gasteiger partial charge in [-0.1, -0.05) is 6.07 Å².